The van der Waals surface area contributed by atoms with E-state index >= 15 is 0 Å². The van der Waals surface area contributed by atoms with Gasteiger partial charge in [0.1, 0.15) is 0 Å². The molecular formula is C3H5NO2S. The molecule has 1 saturated carbocycles. The molecule has 1 aliphatic heterocycles. The summed E-state index contributed by atoms with van der Waals surface area (Å²) in [5, 5.41) is 0.00694. The van der Waals surface area contributed by atoms with Crippen molar-refractivity contribution in [2.45, 2.75) is 17.7 Å². The van der Waals surface area contributed by atoms with Gasteiger partial charge in [0.05, 0.1) is 5.25 Å². The number of nitrogens with one attached hydrogen (secondary N) is 1. The molecular weight excluding hydrogens is 114 g/mol. The van der Waals surface area contributed by atoms with E-state index in [0.717, 1.165) is 6.42 Å². The lowest BCUT2D eigenvalue weighted by molar-refractivity contribution is 0.564. The first kappa shape index (κ1) is 3.86. The van der Waals surface area contributed by atoms with Crippen LogP contribution in [0.3, 0.4) is 0 Å². The summed E-state index contributed by atoms with van der Waals surface area (Å²) in [7, 11) is -2.74. The van der Waals surface area contributed by atoms with Crippen LogP contribution in [-0.2, 0) is 10.0 Å². The van der Waals surface area contributed by atoms with Gasteiger partial charge in [0.15, 0.2) is 0 Å². The largest absolute Gasteiger partial charge is 0.216 e. The van der Waals surface area contributed by atoms with Gasteiger partial charge in [0, 0.05) is 6.04 Å². The molecule has 0 aromatic heterocycles. The van der Waals surface area contributed by atoms with Gasteiger partial charge in [0.2, 0.25) is 10.0 Å². The second-order valence-corrected chi connectivity index (χ2v) is 3.97. The SMILES string of the molecule is O=S1(=O)NC2CC21. The molecule has 4 heteroatoms. The van der Waals surface area contributed by atoms with Crippen LogP contribution in [0.15, 0.2) is 0 Å². The summed E-state index contributed by atoms with van der Waals surface area (Å²) in [5.41, 5.74) is 0. The van der Waals surface area contributed by atoms with Crippen molar-refractivity contribution >= 4 is 10.0 Å². The molecule has 2 atom stereocenters. The van der Waals surface area contributed by atoms with Crippen LogP contribution in [-0.4, -0.2) is 19.7 Å². The Hall–Kier alpha value is -0.0900. The molecule has 2 unspecified atom stereocenters. The summed E-state index contributed by atoms with van der Waals surface area (Å²) >= 11 is 0. The van der Waals surface area contributed by atoms with E-state index in [4.69, 9.17) is 0 Å². The highest BCUT2D eigenvalue weighted by molar-refractivity contribution is 7.92. The second-order valence-electron chi connectivity index (χ2n) is 2.04. The fourth-order valence-electron chi connectivity index (χ4n) is 0.865. The van der Waals surface area contributed by atoms with E-state index in [9.17, 15) is 8.42 Å². The quantitative estimate of drug-likeness (QED) is 0.447. The van der Waals surface area contributed by atoms with Gasteiger partial charge in [-0.25, -0.2) is 13.1 Å². The van der Waals surface area contributed by atoms with E-state index in [0.29, 0.717) is 6.04 Å². The van der Waals surface area contributed by atoms with Crippen LogP contribution in [0.1, 0.15) is 6.42 Å². The number of fused-ring (bicyclic) bond motifs is 1. The fourth-order valence-corrected chi connectivity index (χ4v) is 2.46. The lowest BCUT2D eigenvalue weighted by Gasteiger charge is -2.11. The zero-order valence-electron chi connectivity index (χ0n) is 3.59. The molecule has 2 aliphatic rings. The van der Waals surface area contributed by atoms with Crippen LogP contribution in [0, 0.1) is 0 Å². The third-order valence-electron chi connectivity index (χ3n) is 1.45. The first-order valence-corrected chi connectivity index (χ1v) is 3.76. The molecule has 2 rings (SSSR count). The van der Waals surface area contributed by atoms with Crippen molar-refractivity contribution < 1.29 is 8.42 Å². The van der Waals surface area contributed by atoms with Crippen molar-refractivity contribution in [3.05, 3.63) is 0 Å². The normalized spacial score (nSPS) is 52.0. The topological polar surface area (TPSA) is 46.2 Å². The Labute approximate surface area is 41.8 Å². The molecule has 1 heterocycles. The molecule has 1 aliphatic carbocycles. The first-order chi connectivity index (χ1) is 3.20. The number of hydrogen-bond acceptors (Lipinski definition) is 2. The first-order valence-electron chi connectivity index (χ1n) is 2.21. The van der Waals surface area contributed by atoms with Crippen LogP contribution in [0.25, 0.3) is 0 Å². The molecule has 3 nitrogen and oxygen atoms in total. The van der Waals surface area contributed by atoms with Crippen LogP contribution in [0.5, 0.6) is 0 Å². The predicted octanol–water partition coefficient (Wildman–Crippen LogP) is -0.940. The second kappa shape index (κ2) is 0.736. The maximum atomic E-state index is 10.3. The Morgan fingerprint density at radius 2 is 2.29 bits per heavy atom. The predicted molar refractivity (Wildman–Crippen MR) is 24.2 cm³/mol. The van der Waals surface area contributed by atoms with Gasteiger partial charge in [0.25, 0.3) is 0 Å². The summed E-state index contributed by atoms with van der Waals surface area (Å²) in [6, 6.07) is 0.338. The molecule has 0 radical (unpaired) electrons. The van der Waals surface area contributed by atoms with Gasteiger partial charge in [-0.1, -0.05) is 0 Å². The van der Waals surface area contributed by atoms with Crippen molar-refractivity contribution in [1.29, 1.82) is 0 Å². The lowest BCUT2D eigenvalue weighted by atomic mass is 10.8. The molecule has 0 aromatic carbocycles. The van der Waals surface area contributed by atoms with Crippen LogP contribution in [0.2, 0.25) is 0 Å². The minimum absolute atomic E-state index is 0.00694. The summed E-state index contributed by atoms with van der Waals surface area (Å²) in [5.74, 6) is 0. The summed E-state index contributed by atoms with van der Waals surface area (Å²) in [4.78, 5) is 0. The Bertz CT molecular complexity index is 195. The van der Waals surface area contributed by atoms with Gasteiger partial charge in [-0.2, -0.15) is 0 Å². The Morgan fingerprint density at radius 1 is 1.57 bits per heavy atom. The van der Waals surface area contributed by atoms with Crippen molar-refractivity contribution in [3.8, 4) is 0 Å². The van der Waals surface area contributed by atoms with Crippen LogP contribution >= 0.6 is 0 Å². The Kier molecular flexibility index (Phi) is 0.406. The molecule has 0 amide bonds. The highest BCUT2D eigenvalue weighted by Gasteiger charge is 2.58. The molecule has 2 fully saturated rings. The van der Waals surface area contributed by atoms with Crippen molar-refractivity contribution in [2.75, 3.05) is 0 Å². The third-order valence-corrected chi connectivity index (χ3v) is 3.40. The van der Waals surface area contributed by atoms with E-state index in [1.807, 2.05) is 0 Å². The fraction of sp³-hybridized carbons (Fsp3) is 1.00. The molecule has 1 N–H and O–H groups in total. The molecule has 0 bridgehead atoms. The summed E-state index contributed by atoms with van der Waals surface area (Å²) in [6.07, 6.45) is 0.850. The highest BCUT2D eigenvalue weighted by Crippen LogP contribution is 2.38. The maximum absolute atomic E-state index is 10.3. The van der Waals surface area contributed by atoms with Crippen LogP contribution < -0.4 is 4.72 Å². The molecule has 7 heavy (non-hydrogen) atoms. The van der Waals surface area contributed by atoms with Crippen molar-refractivity contribution in [1.82, 2.24) is 4.72 Å². The van der Waals surface area contributed by atoms with Gasteiger partial charge in [-0.3, -0.25) is 0 Å². The summed E-state index contributed by atoms with van der Waals surface area (Å²) < 4.78 is 23.1. The highest BCUT2D eigenvalue weighted by atomic mass is 32.2. The van der Waals surface area contributed by atoms with Gasteiger partial charge in [-0.15, -0.1) is 0 Å². The van der Waals surface area contributed by atoms with Crippen LogP contribution in [0.4, 0.5) is 0 Å². The summed E-state index contributed by atoms with van der Waals surface area (Å²) in [6.45, 7) is 0. The maximum Gasteiger partial charge on any atom is 0.216 e. The number of hydrogen-bond donors (Lipinski definition) is 1. The number of rotatable bonds is 0. The molecule has 1 saturated heterocycles. The average Bonchev–Trinajstić information content (AvgIpc) is 2.13. The van der Waals surface area contributed by atoms with Gasteiger partial charge >= 0.3 is 0 Å². The Balaban J connectivity index is 2.46. The van der Waals surface area contributed by atoms with E-state index < -0.39 is 10.0 Å². The third kappa shape index (κ3) is 0.316. The molecule has 40 valence electrons. The van der Waals surface area contributed by atoms with Crippen molar-refractivity contribution in [3.63, 3.8) is 0 Å². The van der Waals surface area contributed by atoms with E-state index in [2.05, 4.69) is 4.72 Å². The number of sulfonamides is 1. The van der Waals surface area contributed by atoms with E-state index in [1.165, 1.54) is 0 Å². The zero-order valence-corrected chi connectivity index (χ0v) is 4.40. The molecule has 0 aromatic rings. The van der Waals surface area contributed by atoms with E-state index in [1.54, 1.807) is 0 Å². The smallest absolute Gasteiger partial charge is 0.212 e. The van der Waals surface area contributed by atoms with Crippen molar-refractivity contribution in [2.24, 2.45) is 0 Å². The minimum atomic E-state index is -2.74. The monoisotopic (exact) mass is 119 g/mol. The average molecular weight is 119 g/mol. The Morgan fingerprint density at radius 3 is 2.29 bits per heavy atom. The molecule has 0 spiro atoms. The van der Waals surface area contributed by atoms with E-state index in [-0.39, 0.29) is 5.25 Å². The van der Waals surface area contributed by atoms with Gasteiger partial charge < -0.3 is 0 Å². The van der Waals surface area contributed by atoms with Gasteiger partial charge in [-0.05, 0) is 6.42 Å². The standard InChI is InChI=1S/C3H5NO2S/c5-7(6)3-1-2(3)4-7/h2-4H,1H2. The lowest BCUT2D eigenvalue weighted by Crippen LogP contribution is -2.42. The zero-order chi connectivity index (χ0) is 5.07. The minimum Gasteiger partial charge on any atom is -0.212 e.